The van der Waals surface area contributed by atoms with Crippen LogP contribution < -0.4 is 15.9 Å². The SMILES string of the molecule is CC(C)[C@@](C)(N)C(=O)OCn1ccs/c1=N\C(=O)c1cc(F)c(NC(=O)CC(C)(C)C)c(F)c1. The van der Waals surface area contributed by atoms with E-state index in [-0.39, 0.29) is 34.8 Å². The van der Waals surface area contributed by atoms with E-state index in [4.69, 9.17) is 10.5 Å². The monoisotopic (exact) mass is 496 g/mol. The first-order valence-corrected chi connectivity index (χ1v) is 11.5. The van der Waals surface area contributed by atoms with Gasteiger partial charge in [-0.25, -0.2) is 13.6 Å². The van der Waals surface area contributed by atoms with Crippen molar-refractivity contribution in [3.8, 4) is 0 Å². The Labute approximate surface area is 200 Å². The minimum atomic E-state index is -1.19. The van der Waals surface area contributed by atoms with Gasteiger partial charge in [0.25, 0.3) is 5.91 Å². The van der Waals surface area contributed by atoms with Crippen molar-refractivity contribution in [1.82, 2.24) is 4.57 Å². The lowest BCUT2D eigenvalue weighted by atomic mass is 9.90. The third-order valence-corrected chi connectivity index (χ3v) is 5.87. The molecule has 0 unspecified atom stereocenters. The van der Waals surface area contributed by atoms with Crippen LogP contribution in [0.4, 0.5) is 14.5 Å². The lowest BCUT2D eigenvalue weighted by Crippen LogP contribution is -2.50. The summed E-state index contributed by atoms with van der Waals surface area (Å²) >= 11 is 1.07. The first-order valence-electron chi connectivity index (χ1n) is 10.6. The fraction of sp³-hybridized carbons (Fsp3) is 0.478. The summed E-state index contributed by atoms with van der Waals surface area (Å²) in [5.74, 6) is -4.42. The summed E-state index contributed by atoms with van der Waals surface area (Å²) in [5, 5.41) is 3.82. The van der Waals surface area contributed by atoms with Crippen molar-refractivity contribution in [2.45, 2.75) is 60.2 Å². The first-order chi connectivity index (χ1) is 15.6. The van der Waals surface area contributed by atoms with Gasteiger partial charge in [0.15, 0.2) is 23.2 Å². The Hall–Kier alpha value is -2.92. The highest BCUT2D eigenvalue weighted by atomic mass is 32.1. The van der Waals surface area contributed by atoms with E-state index in [0.717, 1.165) is 23.5 Å². The number of thiazole rings is 1. The molecular weight excluding hydrogens is 466 g/mol. The molecule has 0 saturated carbocycles. The number of aromatic nitrogens is 1. The Morgan fingerprint density at radius 2 is 1.76 bits per heavy atom. The molecule has 1 heterocycles. The van der Waals surface area contributed by atoms with Crippen molar-refractivity contribution >= 4 is 34.8 Å². The largest absolute Gasteiger partial charge is 0.442 e. The van der Waals surface area contributed by atoms with Gasteiger partial charge in [-0.15, -0.1) is 11.3 Å². The van der Waals surface area contributed by atoms with Crippen LogP contribution in [0.5, 0.6) is 0 Å². The molecule has 0 radical (unpaired) electrons. The number of rotatable bonds is 7. The molecule has 11 heteroatoms. The zero-order valence-electron chi connectivity index (χ0n) is 20.1. The van der Waals surface area contributed by atoms with Gasteiger partial charge in [0, 0.05) is 23.6 Å². The average Bonchev–Trinajstić information content (AvgIpc) is 3.13. The summed E-state index contributed by atoms with van der Waals surface area (Å²) in [7, 11) is 0. The van der Waals surface area contributed by atoms with E-state index < -0.39 is 40.6 Å². The van der Waals surface area contributed by atoms with Gasteiger partial charge in [-0.1, -0.05) is 34.6 Å². The van der Waals surface area contributed by atoms with Gasteiger partial charge >= 0.3 is 5.97 Å². The highest BCUT2D eigenvalue weighted by Crippen LogP contribution is 2.24. The van der Waals surface area contributed by atoms with Crippen LogP contribution in [0.3, 0.4) is 0 Å². The maximum absolute atomic E-state index is 14.5. The molecule has 0 aliphatic heterocycles. The van der Waals surface area contributed by atoms with E-state index in [0.29, 0.717) is 0 Å². The minimum absolute atomic E-state index is 0.0608. The maximum atomic E-state index is 14.5. The van der Waals surface area contributed by atoms with E-state index in [1.165, 1.54) is 4.57 Å². The van der Waals surface area contributed by atoms with E-state index in [9.17, 15) is 23.2 Å². The molecular formula is C23H30F2N4O4S. The van der Waals surface area contributed by atoms with Gasteiger partial charge in [0.05, 0.1) is 0 Å². The Bertz CT molecular complexity index is 1120. The number of benzene rings is 1. The summed E-state index contributed by atoms with van der Waals surface area (Å²) in [6.07, 6.45) is 1.60. The van der Waals surface area contributed by atoms with Crippen molar-refractivity contribution in [1.29, 1.82) is 0 Å². The van der Waals surface area contributed by atoms with Gasteiger partial charge < -0.3 is 15.8 Å². The number of nitrogens with one attached hydrogen (secondary N) is 1. The molecule has 2 aromatic rings. The molecule has 0 aliphatic rings. The van der Waals surface area contributed by atoms with Gasteiger partial charge in [-0.2, -0.15) is 4.99 Å². The molecule has 186 valence electrons. The van der Waals surface area contributed by atoms with Crippen LogP contribution >= 0.6 is 11.3 Å². The minimum Gasteiger partial charge on any atom is -0.442 e. The zero-order valence-corrected chi connectivity index (χ0v) is 20.9. The van der Waals surface area contributed by atoms with E-state index in [1.54, 1.807) is 32.3 Å². The molecule has 1 atom stereocenters. The number of nitrogens with zero attached hydrogens (tertiary/aromatic N) is 2. The van der Waals surface area contributed by atoms with Gasteiger partial charge in [-0.3, -0.25) is 14.2 Å². The molecule has 8 nitrogen and oxygen atoms in total. The molecule has 3 N–H and O–H groups in total. The van der Waals surface area contributed by atoms with E-state index >= 15 is 0 Å². The number of esters is 1. The normalized spacial score (nSPS) is 14.1. The molecule has 0 saturated heterocycles. The smallest absolute Gasteiger partial charge is 0.327 e. The Morgan fingerprint density at radius 1 is 1.18 bits per heavy atom. The number of carbonyl (C=O) groups excluding carboxylic acids is 3. The van der Waals surface area contributed by atoms with Crippen LogP contribution in [0.1, 0.15) is 58.3 Å². The molecule has 1 aromatic heterocycles. The van der Waals surface area contributed by atoms with Crippen LogP contribution in [-0.2, 0) is 21.1 Å². The van der Waals surface area contributed by atoms with E-state index in [1.807, 2.05) is 20.8 Å². The lowest BCUT2D eigenvalue weighted by Gasteiger charge is -2.26. The predicted molar refractivity (Wildman–Crippen MR) is 125 cm³/mol. The van der Waals surface area contributed by atoms with Crippen LogP contribution in [0.2, 0.25) is 0 Å². The Morgan fingerprint density at radius 3 is 2.29 bits per heavy atom. The summed E-state index contributed by atoms with van der Waals surface area (Å²) < 4.78 is 35.6. The quantitative estimate of drug-likeness (QED) is 0.566. The molecule has 1 aromatic carbocycles. The number of halogens is 2. The molecule has 0 fully saturated rings. The summed E-state index contributed by atoms with van der Waals surface area (Å²) in [6, 6.07) is 1.62. The second kappa shape index (κ2) is 10.6. The van der Waals surface area contributed by atoms with Crippen molar-refractivity contribution < 1.29 is 27.9 Å². The summed E-state index contributed by atoms with van der Waals surface area (Å²) in [4.78, 5) is 40.9. The van der Waals surface area contributed by atoms with Crippen molar-refractivity contribution in [2.75, 3.05) is 5.32 Å². The lowest BCUT2D eigenvalue weighted by molar-refractivity contribution is -0.155. The second-order valence-corrected chi connectivity index (χ2v) is 10.5. The van der Waals surface area contributed by atoms with E-state index in [2.05, 4.69) is 10.3 Å². The number of anilines is 1. The maximum Gasteiger partial charge on any atom is 0.327 e. The van der Waals surface area contributed by atoms with Gasteiger partial charge in [-0.05, 0) is 30.4 Å². The predicted octanol–water partition coefficient (Wildman–Crippen LogP) is 3.82. The number of hydrogen-bond acceptors (Lipinski definition) is 6. The zero-order chi connectivity index (χ0) is 25.8. The van der Waals surface area contributed by atoms with Crippen molar-refractivity contribution in [3.63, 3.8) is 0 Å². The molecule has 34 heavy (non-hydrogen) atoms. The van der Waals surface area contributed by atoms with Gasteiger partial charge in [0.1, 0.15) is 11.2 Å². The second-order valence-electron chi connectivity index (χ2n) is 9.67. The van der Waals surface area contributed by atoms with Crippen LogP contribution in [0.25, 0.3) is 0 Å². The summed E-state index contributed by atoms with van der Waals surface area (Å²) in [5.41, 5.74) is 3.46. The summed E-state index contributed by atoms with van der Waals surface area (Å²) in [6.45, 7) is 10.4. The van der Waals surface area contributed by atoms with Gasteiger partial charge in [0.2, 0.25) is 5.91 Å². The molecule has 0 bridgehead atoms. The van der Waals surface area contributed by atoms with Crippen LogP contribution in [0, 0.1) is 23.0 Å². The van der Waals surface area contributed by atoms with Crippen molar-refractivity contribution in [3.05, 3.63) is 45.7 Å². The number of ether oxygens (including phenoxy) is 1. The number of amides is 2. The number of carbonyl (C=O) groups is 3. The van der Waals surface area contributed by atoms with Crippen LogP contribution in [-0.4, -0.2) is 27.9 Å². The molecule has 0 spiro atoms. The standard InChI is InChI=1S/C23H30F2N4O4S/c1-13(2)23(6,26)20(32)33-12-29-7-8-34-21(29)28-19(31)14-9-15(24)18(16(25)10-14)27-17(30)11-22(3,4)5/h7-10,13H,11-12,26H2,1-6H3,(H,27,30)/b28-21-/t23-/m1/s1. The highest BCUT2D eigenvalue weighted by Gasteiger charge is 2.33. The molecule has 0 aliphatic carbocycles. The third kappa shape index (κ3) is 7.04. The number of hydrogen-bond donors (Lipinski definition) is 2. The number of nitrogens with two attached hydrogens (primary N) is 1. The fourth-order valence-corrected chi connectivity index (χ4v) is 3.35. The molecule has 2 amide bonds. The molecule has 2 rings (SSSR count). The topological polar surface area (TPSA) is 116 Å². The Kier molecular flexibility index (Phi) is 8.49. The Balaban J connectivity index is 2.20. The first kappa shape index (κ1) is 27.3. The van der Waals surface area contributed by atoms with Crippen LogP contribution in [0.15, 0.2) is 28.7 Å². The highest BCUT2D eigenvalue weighted by molar-refractivity contribution is 7.07. The third-order valence-electron chi connectivity index (χ3n) is 5.08. The average molecular weight is 497 g/mol. The van der Waals surface area contributed by atoms with Crippen molar-refractivity contribution in [2.24, 2.45) is 22.1 Å². The fourth-order valence-electron chi connectivity index (χ4n) is 2.64.